The normalized spacial score (nSPS) is 11.1. The lowest BCUT2D eigenvalue weighted by Crippen LogP contribution is -2.19. The Bertz CT molecular complexity index is 1250. The summed E-state index contributed by atoms with van der Waals surface area (Å²) in [7, 11) is 0. The second kappa shape index (κ2) is 7.88. The number of thiophene rings is 1. The Balaban J connectivity index is 1.65. The number of nitrogens with zero attached hydrogens (tertiary/aromatic N) is 7. The van der Waals surface area contributed by atoms with Crippen LogP contribution in [-0.4, -0.2) is 42.4 Å². The molecule has 13 nitrogen and oxygen atoms in total. The summed E-state index contributed by atoms with van der Waals surface area (Å²) in [5, 5.41) is 31.7. The van der Waals surface area contributed by atoms with Gasteiger partial charge in [-0.15, -0.1) is 16.4 Å². The smallest absolute Gasteiger partial charge is 0.294 e. The third-order valence-electron chi connectivity index (χ3n) is 3.84. The molecule has 0 aliphatic rings. The number of benzene rings is 1. The fourth-order valence-electron chi connectivity index (χ4n) is 2.53. The summed E-state index contributed by atoms with van der Waals surface area (Å²) in [4.78, 5) is 23.9. The number of aromatic nitrogens is 5. The number of rotatable bonds is 6. The van der Waals surface area contributed by atoms with Crippen LogP contribution in [0.3, 0.4) is 0 Å². The van der Waals surface area contributed by atoms with Gasteiger partial charge in [0.05, 0.1) is 21.6 Å². The van der Waals surface area contributed by atoms with Crippen molar-refractivity contribution in [2.24, 2.45) is 5.10 Å². The molecule has 1 amide bonds. The lowest BCUT2D eigenvalue weighted by Gasteiger charge is -2.03. The number of hydrazone groups is 1. The molecule has 0 atom stereocenters. The second-order valence-corrected chi connectivity index (χ2v) is 6.61. The first-order chi connectivity index (χ1) is 14.6. The molecule has 30 heavy (non-hydrogen) atoms. The Morgan fingerprint density at radius 3 is 2.83 bits per heavy atom. The molecule has 3 heterocycles. The van der Waals surface area contributed by atoms with Gasteiger partial charge in [0.25, 0.3) is 11.6 Å². The molecule has 3 N–H and O–H groups in total. The Morgan fingerprint density at radius 1 is 1.30 bits per heavy atom. The van der Waals surface area contributed by atoms with Crippen molar-refractivity contribution in [1.29, 1.82) is 0 Å². The second-order valence-electron chi connectivity index (χ2n) is 5.66. The SMILES string of the molecule is Nc1nonc1-n1nnc(C(=O)N/N=C\c2ccccc2[N+](=O)[O-])c1-c1cccs1. The van der Waals surface area contributed by atoms with Crippen molar-refractivity contribution < 1.29 is 14.3 Å². The van der Waals surface area contributed by atoms with E-state index in [4.69, 9.17) is 5.73 Å². The summed E-state index contributed by atoms with van der Waals surface area (Å²) in [6, 6.07) is 9.53. The Labute approximate surface area is 170 Å². The quantitative estimate of drug-likeness (QED) is 0.263. The summed E-state index contributed by atoms with van der Waals surface area (Å²) in [5.74, 6) is -0.637. The average molecular weight is 425 g/mol. The van der Waals surface area contributed by atoms with Gasteiger partial charge >= 0.3 is 0 Å². The van der Waals surface area contributed by atoms with Gasteiger partial charge in [0, 0.05) is 6.07 Å². The minimum absolute atomic E-state index is 0.0286. The van der Waals surface area contributed by atoms with E-state index in [0.717, 1.165) is 0 Å². The van der Waals surface area contributed by atoms with Crippen LogP contribution < -0.4 is 11.2 Å². The summed E-state index contributed by atoms with van der Waals surface area (Å²) < 4.78 is 5.83. The maximum atomic E-state index is 12.7. The van der Waals surface area contributed by atoms with Crippen LogP contribution in [0.25, 0.3) is 16.4 Å². The molecule has 150 valence electrons. The van der Waals surface area contributed by atoms with E-state index in [9.17, 15) is 14.9 Å². The van der Waals surface area contributed by atoms with Gasteiger partial charge in [0.15, 0.2) is 5.69 Å². The molecule has 0 fully saturated rings. The van der Waals surface area contributed by atoms with Crippen LogP contribution in [0.5, 0.6) is 0 Å². The summed E-state index contributed by atoms with van der Waals surface area (Å²) >= 11 is 1.34. The van der Waals surface area contributed by atoms with E-state index in [1.54, 1.807) is 18.2 Å². The van der Waals surface area contributed by atoms with E-state index < -0.39 is 10.8 Å². The maximum absolute atomic E-state index is 12.7. The van der Waals surface area contributed by atoms with Crippen molar-refractivity contribution in [3.8, 4) is 16.4 Å². The van der Waals surface area contributed by atoms with Crippen molar-refractivity contribution in [2.75, 3.05) is 5.73 Å². The van der Waals surface area contributed by atoms with E-state index in [0.29, 0.717) is 10.6 Å². The number of amides is 1. The molecule has 0 bridgehead atoms. The third kappa shape index (κ3) is 3.49. The highest BCUT2D eigenvalue weighted by Gasteiger charge is 2.25. The van der Waals surface area contributed by atoms with Gasteiger partial charge in [-0.05, 0) is 27.8 Å². The van der Waals surface area contributed by atoms with Crippen LogP contribution in [0.15, 0.2) is 51.5 Å². The highest BCUT2D eigenvalue weighted by Crippen LogP contribution is 2.29. The maximum Gasteiger partial charge on any atom is 0.294 e. The number of nitrogen functional groups attached to an aromatic ring is 1. The molecule has 1 aromatic carbocycles. The summed E-state index contributed by atoms with van der Waals surface area (Å²) in [6.45, 7) is 0. The van der Waals surface area contributed by atoms with Crippen LogP contribution in [0.2, 0.25) is 0 Å². The number of nitro groups is 1. The molecule has 14 heteroatoms. The molecule has 4 rings (SSSR count). The Hall–Kier alpha value is -4.46. The summed E-state index contributed by atoms with van der Waals surface area (Å²) in [6.07, 6.45) is 1.17. The lowest BCUT2D eigenvalue weighted by atomic mass is 10.2. The standard InChI is InChI=1S/C16H11N9O4S/c17-14-15(22-29-21-14)24-13(11-6-3-7-30-11)12(19-23-24)16(26)20-18-8-9-4-1-2-5-10(9)25(27)28/h1-8H,(H2,17,21)(H,20,26)/b18-8-. The molecular weight excluding hydrogens is 414 g/mol. The number of anilines is 1. The largest absolute Gasteiger partial charge is 0.378 e. The number of hydrogen-bond acceptors (Lipinski definition) is 11. The van der Waals surface area contributed by atoms with Crippen molar-refractivity contribution in [3.63, 3.8) is 0 Å². The number of carbonyl (C=O) groups excluding carboxylic acids is 1. The molecule has 0 spiro atoms. The third-order valence-corrected chi connectivity index (χ3v) is 4.72. The fraction of sp³-hybridized carbons (Fsp3) is 0. The monoisotopic (exact) mass is 425 g/mol. The molecule has 0 aliphatic carbocycles. The number of carbonyl (C=O) groups is 1. The van der Waals surface area contributed by atoms with Gasteiger partial charge in [-0.2, -0.15) is 9.78 Å². The van der Waals surface area contributed by atoms with E-state index in [2.05, 4.69) is 35.8 Å². The topological polar surface area (TPSA) is 180 Å². The zero-order valence-electron chi connectivity index (χ0n) is 14.9. The first-order valence-corrected chi connectivity index (χ1v) is 9.09. The first kappa shape index (κ1) is 18.9. The van der Waals surface area contributed by atoms with Gasteiger partial charge in [0.1, 0.15) is 5.69 Å². The van der Waals surface area contributed by atoms with Crippen molar-refractivity contribution in [1.82, 2.24) is 30.7 Å². The predicted octanol–water partition coefficient (Wildman–Crippen LogP) is 1.63. The molecule has 0 saturated carbocycles. The number of nitro benzene ring substituents is 1. The van der Waals surface area contributed by atoms with Crippen LogP contribution in [0, 0.1) is 10.1 Å². The Kier molecular flexibility index (Phi) is 4.96. The minimum atomic E-state index is -0.686. The lowest BCUT2D eigenvalue weighted by molar-refractivity contribution is -0.385. The Morgan fingerprint density at radius 2 is 2.13 bits per heavy atom. The summed E-state index contributed by atoms with van der Waals surface area (Å²) in [5.41, 5.74) is 8.37. The van der Waals surface area contributed by atoms with Crippen LogP contribution in [0.1, 0.15) is 16.1 Å². The van der Waals surface area contributed by atoms with Crippen LogP contribution in [-0.2, 0) is 0 Å². The molecule has 0 radical (unpaired) electrons. The molecule has 3 aromatic heterocycles. The zero-order chi connectivity index (χ0) is 21.1. The number of hydrogen-bond donors (Lipinski definition) is 2. The minimum Gasteiger partial charge on any atom is -0.378 e. The fourth-order valence-corrected chi connectivity index (χ4v) is 3.29. The van der Waals surface area contributed by atoms with Gasteiger partial charge in [-0.3, -0.25) is 14.9 Å². The van der Waals surface area contributed by atoms with Crippen molar-refractivity contribution >= 4 is 35.0 Å². The predicted molar refractivity (Wildman–Crippen MR) is 105 cm³/mol. The van der Waals surface area contributed by atoms with Gasteiger partial charge < -0.3 is 5.73 Å². The van der Waals surface area contributed by atoms with E-state index in [-0.39, 0.29) is 28.6 Å². The van der Waals surface area contributed by atoms with Gasteiger partial charge in [0.2, 0.25) is 11.6 Å². The van der Waals surface area contributed by atoms with E-state index in [1.165, 1.54) is 40.4 Å². The zero-order valence-corrected chi connectivity index (χ0v) is 15.7. The van der Waals surface area contributed by atoms with Crippen LogP contribution >= 0.6 is 11.3 Å². The average Bonchev–Trinajstić information content (AvgIpc) is 3.48. The molecular formula is C16H11N9O4S. The molecule has 0 saturated heterocycles. The van der Waals surface area contributed by atoms with Crippen molar-refractivity contribution in [3.05, 3.63) is 63.1 Å². The molecule has 0 aliphatic heterocycles. The highest BCUT2D eigenvalue weighted by molar-refractivity contribution is 7.13. The molecule has 0 unspecified atom stereocenters. The van der Waals surface area contributed by atoms with Crippen LogP contribution in [0.4, 0.5) is 11.5 Å². The highest BCUT2D eigenvalue weighted by atomic mass is 32.1. The van der Waals surface area contributed by atoms with E-state index in [1.807, 2.05) is 5.38 Å². The van der Waals surface area contributed by atoms with E-state index >= 15 is 0 Å². The molecule has 4 aromatic rings. The van der Waals surface area contributed by atoms with Gasteiger partial charge in [-0.25, -0.2) is 10.1 Å². The number of para-hydroxylation sites is 1. The van der Waals surface area contributed by atoms with Crippen molar-refractivity contribution in [2.45, 2.75) is 0 Å². The van der Waals surface area contributed by atoms with Gasteiger partial charge in [-0.1, -0.05) is 23.4 Å². The number of nitrogens with two attached hydrogens (primary N) is 1. The first-order valence-electron chi connectivity index (χ1n) is 8.21. The number of nitrogens with one attached hydrogen (secondary N) is 1.